The van der Waals surface area contributed by atoms with E-state index in [4.69, 9.17) is 0 Å². The van der Waals surface area contributed by atoms with Crippen molar-refractivity contribution in [2.24, 2.45) is 5.92 Å². The largest absolute Gasteiger partial charge is 0.352 e. The minimum Gasteiger partial charge on any atom is -0.352 e. The van der Waals surface area contributed by atoms with Crippen LogP contribution in [0.25, 0.3) is 10.2 Å². The number of amides is 2. The summed E-state index contributed by atoms with van der Waals surface area (Å²) < 4.78 is 1.96. The van der Waals surface area contributed by atoms with Gasteiger partial charge in [0.2, 0.25) is 5.91 Å². The van der Waals surface area contributed by atoms with E-state index >= 15 is 0 Å². The molecule has 3 rings (SSSR count). The molecule has 0 fully saturated rings. The Labute approximate surface area is 166 Å². The van der Waals surface area contributed by atoms with Gasteiger partial charge in [0.25, 0.3) is 5.91 Å². The summed E-state index contributed by atoms with van der Waals surface area (Å²) in [5.74, 6) is 0.254. The summed E-state index contributed by atoms with van der Waals surface area (Å²) in [5.41, 5.74) is 1.93. The highest BCUT2D eigenvalue weighted by Crippen LogP contribution is 2.29. The van der Waals surface area contributed by atoms with Gasteiger partial charge in [-0.25, -0.2) is 4.98 Å². The van der Waals surface area contributed by atoms with Gasteiger partial charge < -0.3 is 10.6 Å². The molecule has 1 aromatic heterocycles. The number of thiazole rings is 1. The summed E-state index contributed by atoms with van der Waals surface area (Å²) in [5, 5.41) is 5.72. The lowest BCUT2D eigenvalue weighted by Gasteiger charge is -2.12. The monoisotopic (exact) mass is 399 g/mol. The number of para-hydroxylation sites is 2. The van der Waals surface area contributed by atoms with Crippen LogP contribution in [0.4, 0.5) is 5.69 Å². The molecule has 0 aliphatic carbocycles. The normalized spacial score (nSPS) is 10.9. The molecule has 0 unspecified atom stereocenters. The topological polar surface area (TPSA) is 71.1 Å². The van der Waals surface area contributed by atoms with Crippen LogP contribution < -0.4 is 10.6 Å². The number of nitrogens with zero attached hydrogens (tertiary/aromatic N) is 1. The van der Waals surface area contributed by atoms with Crippen LogP contribution >= 0.6 is 23.1 Å². The second-order valence-corrected chi connectivity index (χ2v) is 8.69. The number of fused-ring (bicyclic) bond motifs is 1. The van der Waals surface area contributed by atoms with Gasteiger partial charge in [0.15, 0.2) is 4.34 Å². The van der Waals surface area contributed by atoms with E-state index in [0.29, 0.717) is 23.7 Å². The molecule has 27 heavy (non-hydrogen) atoms. The number of anilines is 1. The van der Waals surface area contributed by atoms with E-state index < -0.39 is 0 Å². The molecule has 2 amide bonds. The molecule has 0 radical (unpaired) electrons. The van der Waals surface area contributed by atoms with Crippen molar-refractivity contribution in [3.63, 3.8) is 0 Å². The third-order valence-electron chi connectivity index (χ3n) is 3.72. The lowest BCUT2D eigenvalue weighted by Crippen LogP contribution is -2.28. The van der Waals surface area contributed by atoms with Crippen molar-refractivity contribution in [2.45, 2.75) is 18.2 Å². The summed E-state index contributed by atoms with van der Waals surface area (Å²) in [4.78, 5) is 29.2. The van der Waals surface area contributed by atoms with Crippen LogP contribution in [0.2, 0.25) is 0 Å². The Balaban J connectivity index is 1.61. The van der Waals surface area contributed by atoms with Gasteiger partial charge in [-0.3, -0.25) is 9.59 Å². The Morgan fingerprint density at radius 1 is 1.11 bits per heavy atom. The van der Waals surface area contributed by atoms with Gasteiger partial charge >= 0.3 is 0 Å². The molecule has 3 aromatic rings. The van der Waals surface area contributed by atoms with E-state index in [1.54, 1.807) is 35.6 Å². The maximum absolute atomic E-state index is 12.4. The lowest BCUT2D eigenvalue weighted by molar-refractivity contribution is -0.113. The first kappa shape index (κ1) is 19.4. The molecule has 0 saturated heterocycles. The molecule has 7 heteroatoms. The Kier molecular flexibility index (Phi) is 6.47. The maximum Gasteiger partial charge on any atom is 0.253 e. The molecule has 0 aliphatic rings. The molecule has 0 bridgehead atoms. The molecule has 140 valence electrons. The van der Waals surface area contributed by atoms with Crippen molar-refractivity contribution in [3.8, 4) is 0 Å². The van der Waals surface area contributed by atoms with Crippen molar-refractivity contribution in [1.29, 1.82) is 0 Å². The Hall–Kier alpha value is -2.38. The summed E-state index contributed by atoms with van der Waals surface area (Å²) in [6, 6.07) is 14.9. The molecule has 2 N–H and O–H groups in total. The lowest BCUT2D eigenvalue weighted by atomic mass is 10.1. The quantitative estimate of drug-likeness (QED) is 0.577. The molecule has 0 atom stereocenters. The number of aromatic nitrogens is 1. The molecule has 0 spiro atoms. The van der Waals surface area contributed by atoms with E-state index in [9.17, 15) is 9.59 Å². The molecular weight excluding hydrogens is 378 g/mol. The van der Waals surface area contributed by atoms with Crippen molar-refractivity contribution in [2.75, 3.05) is 17.6 Å². The standard InChI is InChI=1S/C20H21N3O2S2/c1-13(2)11-21-19(25)14-7-3-4-8-15(14)22-18(24)12-26-20-23-16-9-5-6-10-17(16)27-20/h3-10,13H,11-12H2,1-2H3,(H,21,25)(H,22,24). The van der Waals surface area contributed by atoms with Crippen LogP contribution in [-0.4, -0.2) is 29.1 Å². The highest BCUT2D eigenvalue weighted by Gasteiger charge is 2.14. The van der Waals surface area contributed by atoms with E-state index in [1.807, 2.05) is 38.1 Å². The number of benzene rings is 2. The fraction of sp³-hybridized carbons (Fsp3) is 0.250. The average Bonchev–Trinajstić information content (AvgIpc) is 3.08. The first-order valence-electron chi connectivity index (χ1n) is 8.68. The number of carbonyl (C=O) groups is 2. The summed E-state index contributed by atoms with van der Waals surface area (Å²) >= 11 is 2.97. The van der Waals surface area contributed by atoms with Crippen molar-refractivity contribution >= 4 is 50.8 Å². The molecule has 2 aromatic carbocycles. The third kappa shape index (κ3) is 5.30. The van der Waals surface area contributed by atoms with Crippen molar-refractivity contribution < 1.29 is 9.59 Å². The zero-order valence-electron chi connectivity index (χ0n) is 15.2. The Morgan fingerprint density at radius 2 is 1.85 bits per heavy atom. The smallest absolute Gasteiger partial charge is 0.253 e. The maximum atomic E-state index is 12.4. The zero-order chi connectivity index (χ0) is 19.2. The van der Waals surface area contributed by atoms with Gasteiger partial charge in [-0.1, -0.05) is 49.9 Å². The van der Waals surface area contributed by atoms with Crippen LogP contribution in [0, 0.1) is 5.92 Å². The van der Waals surface area contributed by atoms with Crippen LogP contribution in [0.5, 0.6) is 0 Å². The molecule has 5 nitrogen and oxygen atoms in total. The van der Waals surface area contributed by atoms with Gasteiger partial charge in [-0.15, -0.1) is 11.3 Å². The molecule has 0 aliphatic heterocycles. The second-order valence-electron chi connectivity index (χ2n) is 6.43. The predicted molar refractivity (Wildman–Crippen MR) is 113 cm³/mol. The predicted octanol–water partition coefficient (Wildman–Crippen LogP) is 4.41. The van der Waals surface area contributed by atoms with Gasteiger partial charge in [0, 0.05) is 6.54 Å². The second kappa shape index (κ2) is 9.01. The van der Waals surface area contributed by atoms with E-state index in [0.717, 1.165) is 14.6 Å². The number of thioether (sulfide) groups is 1. The first-order valence-corrected chi connectivity index (χ1v) is 10.5. The Morgan fingerprint density at radius 3 is 2.63 bits per heavy atom. The molecule has 1 heterocycles. The number of carbonyl (C=O) groups excluding carboxylic acids is 2. The summed E-state index contributed by atoms with van der Waals surface area (Å²) in [6.45, 7) is 4.66. The fourth-order valence-electron chi connectivity index (χ4n) is 2.41. The summed E-state index contributed by atoms with van der Waals surface area (Å²) in [6.07, 6.45) is 0. The molecular formula is C20H21N3O2S2. The summed E-state index contributed by atoms with van der Waals surface area (Å²) in [7, 11) is 0. The number of hydrogen-bond acceptors (Lipinski definition) is 5. The van der Waals surface area contributed by atoms with Crippen LogP contribution in [0.1, 0.15) is 24.2 Å². The highest BCUT2D eigenvalue weighted by atomic mass is 32.2. The fourth-order valence-corrected chi connectivity index (χ4v) is 4.28. The van der Waals surface area contributed by atoms with Gasteiger partial charge in [0.05, 0.1) is 27.2 Å². The van der Waals surface area contributed by atoms with Gasteiger partial charge in [0.1, 0.15) is 0 Å². The number of nitrogens with one attached hydrogen (secondary N) is 2. The average molecular weight is 400 g/mol. The minimum absolute atomic E-state index is 0.164. The first-order chi connectivity index (χ1) is 13.0. The number of hydrogen-bond donors (Lipinski definition) is 2. The zero-order valence-corrected chi connectivity index (χ0v) is 16.8. The Bertz CT molecular complexity index is 920. The van der Waals surface area contributed by atoms with Crippen LogP contribution in [0.15, 0.2) is 52.9 Å². The van der Waals surface area contributed by atoms with E-state index in [2.05, 4.69) is 15.6 Å². The highest BCUT2D eigenvalue weighted by molar-refractivity contribution is 8.01. The van der Waals surface area contributed by atoms with E-state index in [-0.39, 0.29) is 17.6 Å². The van der Waals surface area contributed by atoms with Crippen LogP contribution in [-0.2, 0) is 4.79 Å². The van der Waals surface area contributed by atoms with Crippen LogP contribution in [0.3, 0.4) is 0 Å². The minimum atomic E-state index is -0.182. The van der Waals surface area contributed by atoms with Gasteiger partial charge in [-0.2, -0.15) is 0 Å². The van der Waals surface area contributed by atoms with Crippen molar-refractivity contribution in [3.05, 3.63) is 54.1 Å². The van der Waals surface area contributed by atoms with Gasteiger partial charge in [-0.05, 0) is 30.2 Å². The molecule has 0 saturated carbocycles. The number of rotatable bonds is 7. The third-order valence-corrected chi connectivity index (χ3v) is 5.90. The van der Waals surface area contributed by atoms with Crippen molar-refractivity contribution in [1.82, 2.24) is 10.3 Å². The SMILES string of the molecule is CC(C)CNC(=O)c1ccccc1NC(=O)CSc1nc2ccccc2s1. The van der Waals surface area contributed by atoms with E-state index in [1.165, 1.54) is 11.8 Å².